The fraction of sp³-hybridized carbons (Fsp3) is 0.111. The molecule has 0 amide bonds. The van der Waals surface area contributed by atoms with Crippen LogP contribution in [0.25, 0.3) is 11.1 Å². The van der Waals surface area contributed by atoms with E-state index in [4.69, 9.17) is 9.68 Å². The van der Waals surface area contributed by atoms with Crippen LogP contribution in [0.1, 0.15) is 11.3 Å². The van der Waals surface area contributed by atoms with Gasteiger partial charge in [0.2, 0.25) is 0 Å². The van der Waals surface area contributed by atoms with Gasteiger partial charge in [-0.15, -0.1) is 0 Å². The Bertz CT molecular complexity index is 465. The van der Waals surface area contributed by atoms with Crippen molar-refractivity contribution in [1.29, 1.82) is 5.26 Å². The average Bonchev–Trinajstić information content (AvgIpc) is 2.49. The van der Waals surface area contributed by atoms with Crippen molar-refractivity contribution in [2.75, 3.05) is 0 Å². The first-order chi connectivity index (χ1) is 5.81. The van der Waals surface area contributed by atoms with Crippen LogP contribution in [-0.4, -0.2) is 4.98 Å². The number of nitrogens with zero attached hydrogens (tertiary/aromatic N) is 2. The summed E-state index contributed by atoms with van der Waals surface area (Å²) in [4.78, 5) is 4.10. The summed E-state index contributed by atoms with van der Waals surface area (Å²) in [5.74, 6) is 0. The Kier molecular flexibility index (Phi) is 1.34. The van der Waals surface area contributed by atoms with Crippen molar-refractivity contribution in [1.82, 2.24) is 4.98 Å². The van der Waals surface area contributed by atoms with Crippen molar-refractivity contribution in [3.63, 3.8) is 0 Å². The van der Waals surface area contributed by atoms with Gasteiger partial charge in [-0.2, -0.15) is 5.26 Å². The molecule has 0 radical (unpaired) electrons. The van der Waals surface area contributed by atoms with Gasteiger partial charge in [-0.25, -0.2) is 4.98 Å². The van der Waals surface area contributed by atoms with Gasteiger partial charge in [0.05, 0.1) is 6.26 Å². The van der Waals surface area contributed by atoms with Crippen LogP contribution in [0.5, 0.6) is 0 Å². The van der Waals surface area contributed by atoms with E-state index < -0.39 is 0 Å². The summed E-state index contributed by atoms with van der Waals surface area (Å²) in [7, 11) is 0. The predicted molar refractivity (Wildman–Crippen MR) is 43.5 cm³/mol. The molecule has 2 heterocycles. The van der Waals surface area contributed by atoms with Crippen molar-refractivity contribution in [3.8, 4) is 6.07 Å². The van der Waals surface area contributed by atoms with E-state index in [1.54, 1.807) is 12.3 Å². The van der Waals surface area contributed by atoms with Crippen LogP contribution in [0.4, 0.5) is 0 Å². The summed E-state index contributed by atoms with van der Waals surface area (Å²) in [6.07, 6.45) is 1.57. The lowest BCUT2D eigenvalue weighted by atomic mass is 10.2. The summed E-state index contributed by atoms with van der Waals surface area (Å²) in [5.41, 5.74) is 2.77. The minimum absolute atomic E-state index is 0.462. The lowest BCUT2D eigenvalue weighted by Crippen LogP contribution is -1.86. The molecule has 0 saturated heterocycles. The van der Waals surface area contributed by atoms with Gasteiger partial charge in [-0.1, -0.05) is 0 Å². The summed E-state index contributed by atoms with van der Waals surface area (Å²) in [6.45, 7) is 1.84. The summed E-state index contributed by atoms with van der Waals surface area (Å²) >= 11 is 0. The highest BCUT2D eigenvalue weighted by molar-refractivity contribution is 5.73. The molecule has 12 heavy (non-hydrogen) atoms. The van der Waals surface area contributed by atoms with E-state index >= 15 is 0 Å². The number of rotatable bonds is 0. The molecule has 0 bridgehead atoms. The lowest BCUT2D eigenvalue weighted by Gasteiger charge is -1.93. The maximum atomic E-state index is 8.67. The predicted octanol–water partition coefficient (Wildman–Crippen LogP) is 2.01. The molecule has 0 aliphatic carbocycles. The molecule has 0 spiro atoms. The first-order valence-corrected chi connectivity index (χ1v) is 3.56. The minimum Gasteiger partial charge on any atom is -0.463 e. The molecule has 0 atom stereocenters. The lowest BCUT2D eigenvalue weighted by molar-refractivity contribution is 0.615. The third kappa shape index (κ3) is 0.857. The van der Waals surface area contributed by atoms with Gasteiger partial charge >= 0.3 is 0 Å². The number of hydrogen-bond acceptors (Lipinski definition) is 3. The van der Waals surface area contributed by atoms with Crippen LogP contribution in [0.3, 0.4) is 0 Å². The Morgan fingerprint density at radius 3 is 3.17 bits per heavy atom. The van der Waals surface area contributed by atoms with Crippen LogP contribution in [0.2, 0.25) is 0 Å². The smallest absolute Gasteiger partial charge is 0.152 e. The first-order valence-electron chi connectivity index (χ1n) is 3.56. The average molecular weight is 158 g/mol. The van der Waals surface area contributed by atoms with Crippen LogP contribution in [0, 0.1) is 18.3 Å². The molecule has 0 aliphatic rings. The maximum absolute atomic E-state index is 8.67. The van der Waals surface area contributed by atoms with Crippen molar-refractivity contribution in [3.05, 3.63) is 29.7 Å². The van der Waals surface area contributed by atoms with Gasteiger partial charge in [-0.3, -0.25) is 0 Å². The Morgan fingerprint density at radius 2 is 2.42 bits per heavy atom. The molecule has 2 rings (SSSR count). The van der Waals surface area contributed by atoms with Gasteiger partial charge in [0.1, 0.15) is 17.3 Å². The molecule has 2 aromatic rings. The summed E-state index contributed by atoms with van der Waals surface area (Å²) < 4.78 is 5.13. The number of furan rings is 1. The Morgan fingerprint density at radius 1 is 1.58 bits per heavy atom. The molecular formula is C9H6N2O. The molecule has 2 aromatic heterocycles. The Balaban J connectivity index is 2.84. The monoisotopic (exact) mass is 158 g/mol. The number of nitriles is 1. The molecular weight excluding hydrogens is 152 g/mol. The summed E-state index contributed by atoms with van der Waals surface area (Å²) in [5, 5.41) is 8.67. The van der Waals surface area contributed by atoms with Gasteiger partial charge in [0.15, 0.2) is 5.58 Å². The highest BCUT2D eigenvalue weighted by atomic mass is 16.3. The van der Waals surface area contributed by atoms with Crippen molar-refractivity contribution >= 4 is 11.1 Å². The minimum atomic E-state index is 0.462. The second-order valence-corrected chi connectivity index (χ2v) is 2.57. The number of aromatic nitrogens is 1. The third-order valence-corrected chi connectivity index (χ3v) is 1.73. The summed E-state index contributed by atoms with van der Waals surface area (Å²) in [6, 6.07) is 5.59. The number of fused-ring (bicyclic) bond motifs is 1. The Hall–Kier alpha value is -1.82. The zero-order valence-corrected chi connectivity index (χ0v) is 6.53. The number of hydrogen-bond donors (Lipinski definition) is 0. The van der Waals surface area contributed by atoms with Gasteiger partial charge < -0.3 is 4.42 Å². The Labute approximate surface area is 69.2 Å². The molecule has 0 aliphatic heterocycles. The third-order valence-electron chi connectivity index (χ3n) is 1.73. The zero-order chi connectivity index (χ0) is 8.55. The normalized spacial score (nSPS) is 10.0. The number of pyridine rings is 1. The van der Waals surface area contributed by atoms with E-state index in [1.165, 1.54) is 0 Å². The van der Waals surface area contributed by atoms with Crippen molar-refractivity contribution < 1.29 is 4.42 Å². The van der Waals surface area contributed by atoms with E-state index in [9.17, 15) is 0 Å². The van der Waals surface area contributed by atoms with Crippen LogP contribution >= 0.6 is 0 Å². The molecule has 0 N–H and O–H groups in total. The van der Waals surface area contributed by atoms with E-state index in [1.807, 2.05) is 19.1 Å². The van der Waals surface area contributed by atoms with E-state index in [0.29, 0.717) is 5.69 Å². The molecule has 3 nitrogen and oxygen atoms in total. The topological polar surface area (TPSA) is 49.8 Å². The number of aryl methyl sites for hydroxylation is 1. The standard InChI is InChI=1S/C9H6N2O/c1-6-4-9-7(2-3-12-9)11-8(6)5-10/h2-4H,1H3. The largest absolute Gasteiger partial charge is 0.463 e. The fourth-order valence-electron chi connectivity index (χ4n) is 1.10. The van der Waals surface area contributed by atoms with Gasteiger partial charge in [-0.05, 0) is 18.6 Å². The molecule has 0 unspecified atom stereocenters. The van der Waals surface area contributed by atoms with Crippen LogP contribution in [0.15, 0.2) is 22.8 Å². The highest BCUT2D eigenvalue weighted by Gasteiger charge is 2.03. The molecule has 0 fully saturated rings. The van der Waals surface area contributed by atoms with Gasteiger partial charge in [0.25, 0.3) is 0 Å². The zero-order valence-electron chi connectivity index (χ0n) is 6.53. The molecule has 0 saturated carbocycles. The van der Waals surface area contributed by atoms with Crippen molar-refractivity contribution in [2.45, 2.75) is 6.92 Å². The second-order valence-electron chi connectivity index (χ2n) is 2.57. The molecule has 0 aromatic carbocycles. The maximum Gasteiger partial charge on any atom is 0.152 e. The van der Waals surface area contributed by atoms with E-state index in [2.05, 4.69) is 4.98 Å². The van der Waals surface area contributed by atoms with Crippen molar-refractivity contribution in [2.24, 2.45) is 0 Å². The second kappa shape index (κ2) is 2.35. The highest BCUT2D eigenvalue weighted by Crippen LogP contribution is 2.16. The van der Waals surface area contributed by atoms with Crippen LogP contribution < -0.4 is 0 Å². The van der Waals surface area contributed by atoms with Crippen LogP contribution in [-0.2, 0) is 0 Å². The van der Waals surface area contributed by atoms with E-state index in [-0.39, 0.29) is 0 Å². The SMILES string of the molecule is Cc1cc2occc2nc1C#N. The molecule has 3 heteroatoms. The van der Waals surface area contributed by atoms with Gasteiger partial charge in [0, 0.05) is 6.07 Å². The molecule has 58 valence electrons. The quantitative estimate of drug-likeness (QED) is 0.589. The first kappa shape index (κ1) is 6.86. The fourth-order valence-corrected chi connectivity index (χ4v) is 1.10. The van der Waals surface area contributed by atoms with E-state index in [0.717, 1.165) is 16.7 Å².